The first kappa shape index (κ1) is 11.7. The molecule has 1 aromatic carbocycles. The summed E-state index contributed by atoms with van der Waals surface area (Å²) in [6.07, 6.45) is 4.64. The molecule has 1 atom stereocenters. The van der Waals surface area contributed by atoms with Crippen LogP contribution >= 0.6 is 0 Å². The molecule has 0 aromatic heterocycles. The van der Waals surface area contributed by atoms with E-state index >= 15 is 0 Å². The molecule has 1 fully saturated rings. The third kappa shape index (κ3) is 2.65. The van der Waals surface area contributed by atoms with Crippen molar-refractivity contribution in [3.8, 4) is 0 Å². The second-order valence-corrected chi connectivity index (χ2v) is 5.38. The van der Waals surface area contributed by atoms with E-state index in [0.717, 1.165) is 11.5 Å². The van der Waals surface area contributed by atoms with Gasteiger partial charge in [0.25, 0.3) is 0 Å². The average Bonchev–Trinajstić information content (AvgIpc) is 2.30. The highest BCUT2D eigenvalue weighted by Crippen LogP contribution is 2.36. The van der Waals surface area contributed by atoms with Crippen LogP contribution in [-0.4, -0.2) is 5.11 Å². The van der Waals surface area contributed by atoms with Crippen LogP contribution < -0.4 is 0 Å². The molecule has 16 heavy (non-hydrogen) atoms. The van der Waals surface area contributed by atoms with E-state index in [0.29, 0.717) is 5.92 Å². The maximum atomic E-state index is 10.3. The second-order valence-electron chi connectivity index (χ2n) is 5.38. The summed E-state index contributed by atoms with van der Waals surface area (Å²) in [7, 11) is 0. The van der Waals surface area contributed by atoms with E-state index in [1.807, 2.05) is 0 Å². The van der Waals surface area contributed by atoms with Gasteiger partial charge in [0.2, 0.25) is 0 Å². The van der Waals surface area contributed by atoms with E-state index in [1.54, 1.807) is 0 Å². The Morgan fingerprint density at radius 1 is 1.06 bits per heavy atom. The van der Waals surface area contributed by atoms with Gasteiger partial charge in [-0.1, -0.05) is 49.6 Å². The number of aliphatic hydroxyl groups excluding tert-OH is 1. The normalized spacial score (nSPS) is 27.7. The molecule has 1 aromatic rings. The van der Waals surface area contributed by atoms with Crippen molar-refractivity contribution in [2.24, 2.45) is 11.8 Å². The Labute approximate surface area is 98.5 Å². The lowest BCUT2D eigenvalue weighted by molar-refractivity contribution is 0.0755. The topological polar surface area (TPSA) is 20.2 Å². The quantitative estimate of drug-likeness (QED) is 0.799. The molecule has 88 valence electrons. The van der Waals surface area contributed by atoms with Gasteiger partial charge in [-0.2, -0.15) is 0 Å². The number of hydrogen-bond donors (Lipinski definition) is 1. The minimum atomic E-state index is -0.256. The molecule has 0 aliphatic heterocycles. The maximum Gasteiger partial charge on any atom is 0.0818 e. The summed E-state index contributed by atoms with van der Waals surface area (Å²) in [6, 6.07) is 8.31. The van der Waals surface area contributed by atoms with Crippen LogP contribution in [-0.2, 0) is 0 Å². The highest BCUT2D eigenvalue weighted by molar-refractivity contribution is 5.23. The molecule has 1 aliphatic carbocycles. The van der Waals surface area contributed by atoms with E-state index in [4.69, 9.17) is 0 Å². The molecule has 0 heterocycles. The zero-order valence-corrected chi connectivity index (χ0v) is 10.3. The molecule has 0 saturated heterocycles. The Morgan fingerprint density at radius 2 is 1.62 bits per heavy atom. The van der Waals surface area contributed by atoms with Gasteiger partial charge >= 0.3 is 0 Å². The van der Waals surface area contributed by atoms with Gasteiger partial charge in [0.15, 0.2) is 0 Å². The lowest BCUT2D eigenvalue weighted by Gasteiger charge is -2.30. The first-order valence-corrected chi connectivity index (χ1v) is 6.41. The van der Waals surface area contributed by atoms with Crippen LogP contribution in [0.15, 0.2) is 24.3 Å². The fourth-order valence-corrected chi connectivity index (χ4v) is 2.64. The van der Waals surface area contributed by atoms with Crippen LogP contribution in [0.25, 0.3) is 0 Å². The first-order valence-electron chi connectivity index (χ1n) is 6.41. The Morgan fingerprint density at radius 3 is 2.19 bits per heavy atom. The Bertz CT molecular complexity index is 320. The van der Waals surface area contributed by atoms with E-state index in [9.17, 15) is 5.11 Å². The van der Waals surface area contributed by atoms with Gasteiger partial charge in [-0.15, -0.1) is 0 Å². The Kier molecular flexibility index (Phi) is 3.65. The standard InChI is InChI=1S/C15H22O/c1-11-3-7-13(8-4-11)15(16)14-9-5-12(2)6-10-14/h3-4,7-8,12,14-16H,5-6,9-10H2,1-2H3. The van der Waals surface area contributed by atoms with Crippen LogP contribution in [0.4, 0.5) is 0 Å². The van der Waals surface area contributed by atoms with Crippen molar-refractivity contribution in [1.82, 2.24) is 0 Å². The summed E-state index contributed by atoms with van der Waals surface area (Å²) in [5.74, 6) is 1.32. The third-order valence-electron chi connectivity index (χ3n) is 3.93. The smallest absolute Gasteiger partial charge is 0.0818 e. The molecule has 0 bridgehead atoms. The van der Waals surface area contributed by atoms with Gasteiger partial charge in [0, 0.05) is 0 Å². The maximum absolute atomic E-state index is 10.3. The number of benzene rings is 1. The van der Waals surface area contributed by atoms with Crippen molar-refractivity contribution in [2.75, 3.05) is 0 Å². The van der Waals surface area contributed by atoms with Crippen molar-refractivity contribution in [1.29, 1.82) is 0 Å². The van der Waals surface area contributed by atoms with Crippen LogP contribution in [0.3, 0.4) is 0 Å². The van der Waals surface area contributed by atoms with Crippen LogP contribution in [0.2, 0.25) is 0 Å². The van der Waals surface area contributed by atoms with Crippen molar-refractivity contribution in [3.05, 3.63) is 35.4 Å². The van der Waals surface area contributed by atoms with E-state index in [1.165, 1.54) is 31.2 Å². The summed E-state index contributed by atoms with van der Waals surface area (Å²) in [6.45, 7) is 4.40. The predicted molar refractivity (Wildman–Crippen MR) is 67.3 cm³/mol. The lowest BCUT2D eigenvalue weighted by atomic mass is 9.78. The van der Waals surface area contributed by atoms with Gasteiger partial charge < -0.3 is 5.11 Å². The van der Waals surface area contributed by atoms with Crippen molar-refractivity contribution in [3.63, 3.8) is 0 Å². The van der Waals surface area contributed by atoms with Crippen molar-refractivity contribution < 1.29 is 5.11 Å². The molecule has 0 amide bonds. The fourth-order valence-electron chi connectivity index (χ4n) is 2.64. The van der Waals surface area contributed by atoms with Crippen molar-refractivity contribution >= 4 is 0 Å². The molecule has 2 rings (SSSR count). The largest absolute Gasteiger partial charge is 0.388 e. The van der Waals surface area contributed by atoms with Crippen LogP contribution in [0, 0.1) is 18.8 Å². The summed E-state index contributed by atoms with van der Waals surface area (Å²) in [5, 5.41) is 10.3. The summed E-state index contributed by atoms with van der Waals surface area (Å²) < 4.78 is 0. The minimum absolute atomic E-state index is 0.256. The highest BCUT2D eigenvalue weighted by Gasteiger charge is 2.25. The van der Waals surface area contributed by atoms with E-state index in [2.05, 4.69) is 38.1 Å². The fraction of sp³-hybridized carbons (Fsp3) is 0.600. The number of aryl methyl sites for hydroxylation is 1. The second kappa shape index (κ2) is 5.01. The zero-order valence-electron chi connectivity index (χ0n) is 10.3. The molecular formula is C15H22O. The Hall–Kier alpha value is -0.820. The van der Waals surface area contributed by atoms with Gasteiger partial charge in [-0.05, 0) is 37.2 Å². The average molecular weight is 218 g/mol. The summed E-state index contributed by atoms with van der Waals surface area (Å²) in [4.78, 5) is 0. The Balaban J connectivity index is 2.01. The molecule has 1 heteroatoms. The molecule has 0 spiro atoms. The van der Waals surface area contributed by atoms with E-state index in [-0.39, 0.29) is 6.10 Å². The molecule has 1 unspecified atom stereocenters. The third-order valence-corrected chi connectivity index (χ3v) is 3.93. The van der Waals surface area contributed by atoms with Gasteiger partial charge in [-0.3, -0.25) is 0 Å². The monoisotopic (exact) mass is 218 g/mol. The zero-order chi connectivity index (χ0) is 11.5. The number of rotatable bonds is 2. The van der Waals surface area contributed by atoms with Crippen LogP contribution in [0.1, 0.15) is 49.8 Å². The summed E-state index contributed by atoms with van der Waals surface area (Å²) in [5.41, 5.74) is 2.35. The first-order chi connectivity index (χ1) is 7.66. The van der Waals surface area contributed by atoms with Crippen LogP contribution in [0.5, 0.6) is 0 Å². The van der Waals surface area contributed by atoms with Crippen molar-refractivity contribution in [2.45, 2.75) is 45.6 Å². The molecule has 0 radical (unpaired) electrons. The molecule has 1 N–H and O–H groups in total. The number of hydrogen-bond acceptors (Lipinski definition) is 1. The predicted octanol–water partition coefficient (Wildman–Crippen LogP) is 3.85. The summed E-state index contributed by atoms with van der Waals surface area (Å²) >= 11 is 0. The molecular weight excluding hydrogens is 196 g/mol. The van der Waals surface area contributed by atoms with E-state index < -0.39 is 0 Å². The lowest BCUT2D eigenvalue weighted by Crippen LogP contribution is -2.19. The SMILES string of the molecule is Cc1ccc(C(O)C2CCC(C)CC2)cc1. The molecule has 1 aliphatic rings. The minimum Gasteiger partial charge on any atom is -0.388 e. The van der Waals surface area contributed by atoms with Gasteiger partial charge in [-0.25, -0.2) is 0 Å². The molecule has 1 nitrogen and oxygen atoms in total. The molecule has 1 saturated carbocycles. The van der Waals surface area contributed by atoms with Gasteiger partial charge in [0.05, 0.1) is 6.10 Å². The van der Waals surface area contributed by atoms with Gasteiger partial charge in [0.1, 0.15) is 0 Å². The highest BCUT2D eigenvalue weighted by atomic mass is 16.3. The number of aliphatic hydroxyl groups is 1.